The Morgan fingerprint density at radius 1 is 1.19 bits per heavy atom. The molecule has 6 nitrogen and oxygen atoms in total. The van der Waals surface area contributed by atoms with Gasteiger partial charge in [0.25, 0.3) is 0 Å². The Morgan fingerprint density at radius 2 is 1.97 bits per heavy atom. The van der Waals surface area contributed by atoms with Crippen LogP contribution in [0, 0.1) is 6.92 Å². The molecule has 0 amide bonds. The quantitative estimate of drug-likeness (QED) is 0.191. The lowest BCUT2D eigenvalue weighted by atomic mass is 10.3. The average molecular weight is 458 g/mol. The first kappa shape index (κ1) is 25.9. The number of imidazole rings is 1. The number of H-pyrrole nitrogens is 1. The molecule has 3 rings (SSSR count). The molecule has 0 bridgehead atoms. The van der Waals surface area contributed by atoms with Gasteiger partial charge in [-0.05, 0) is 70.4 Å². The number of unbranched alkanes of at least 4 members (excludes halogenated alkanes) is 2. The van der Waals surface area contributed by atoms with Crippen molar-refractivity contribution in [2.75, 3.05) is 32.2 Å². The van der Waals surface area contributed by atoms with Gasteiger partial charge in [-0.1, -0.05) is 33.6 Å². The van der Waals surface area contributed by atoms with E-state index in [2.05, 4.69) is 60.1 Å². The lowest BCUT2D eigenvalue weighted by Gasteiger charge is -2.11. The Bertz CT molecular complexity index is 962. The third-order valence-corrected chi connectivity index (χ3v) is 6.04. The Hall–Kier alpha value is -2.38. The maximum absolute atomic E-state index is 5.74. The van der Waals surface area contributed by atoms with E-state index in [-0.39, 0.29) is 0 Å². The third-order valence-electron chi connectivity index (χ3n) is 5.20. The number of aromatic amines is 1. The van der Waals surface area contributed by atoms with Crippen LogP contribution in [0.25, 0.3) is 11.0 Å². The highest BCUT2D eigenvalue weighted by molar-refractivity contribution is 7.10. The molecule has 0 atom stereocenters. The number of aryl methyl sites for hydroxylation is 1. The Kier molecular flexibility index (Phi) is 11.2. The fourth-order valence-electron chi connectivity index (χ4n) is 2.87. The topological polar surface area (TPSA) is 65.5 Å². The zero-order valence-electron chi connectivity index (χ0n) is 20.5. The summed E-state index contributed by atoms with van der Waals surface area (Å²) in [4.78, 5) is 11.5. The van der Waals surface area contributed by atoms with Crippen LogP contribution in [0.4, 0.5) is 5.69 Å². The summed E-state index contributed by atoms with van der Waals surface area (Å²) < 4.78 is 5.74. The van der Waals surface area contributed by atoms with Gasteiger partial charge in [-0.25, -0.2) is 4.98 Å². The zero-order chi connectivity index (χ0) is 23.3. The van der Waals surface area contributed by atoms with E-state index in [0.29, 0.717) is 0 Å². The van der Waals surface area contributed by atoms with Gasteiger partial charge < -0.3 is 14.6 Å². The largest absolute Gasteiger partial charge is 0.494 e. The number of thiophene rings is 1. The van der Waals surface area contributed by atoms with Crippen molar-refractivity contribution in [3.8, 4) is 5.75 Å². The number of fused-ring (bicyclic) bond motifs is 1. The summed E-state index contributed by atoms with van der Waals surface area (Å²) in [6, 6.07) is 7.95. The molecular weight excluding hydrogens is 418 g/mol. The number of aromatic nitrogens is 2. The van der Waals surface area contributed by atoms with E-state index in [1.54, 1.807) is 11.3 Å². The number of nitrogens with one attached hydrogen (secondary N) is 2. The molecule has 2 aromatic heterocycles. The van der Waals surface area contributed by atoms with Gasteiger partial charge in [-0.15, -0.1) is 11.3 Å². The molecule has 0 aliphatic carbocycles. The van der Waals surface area contributed by atoms with Crippen LogP contribution in [0.2, 0.25) is 0 Å². The summed E-state index contributed by atoms with van der Waals surface area (Å²) in [6.07, 6.45) is 4.84. The summed E-state index contributed by atoms with van der Waals surface area (Å²) in [5.74, 6) is 1.63. The molecule has 2 heterocycles. The molecule has 1 aromatic carbocycles. The molecule has 3 aromatic rings. The van der Waals surface area contributed by atoms with Crippen molar-refractivity contribution in [1.82, 2.24) is 14.9 Å². The maximum Gasteiger partial charge on any atom is 0.154 e. The molecule has 0 saturated carbocycles. The van der Waals surface area contributed by atoms with Crippen LogP contribution >= 0.6 is 11.3 Å². The number of hydrogen-bond donors (Lipinski definition) is 2. The van der Waals surface area contributed by atoms with Crippen molar-refractivity contribution in [2.45, 2.75) is 60.3 Å². The van der Waals surface area contributed by atoms with Crippen molar-refractivity contribution >= 4 is 33.8 Å². The first-order valence-corrected chi connectivity index (χ1v) is 12.5. The standard InChI is InChI=1S/C18H22N4OS.C7H17N/c1-4-5-9-23-14-6-7-16-17(11-14)20-18(19-16)12(2)21-22-15-8-10-24-13(15)3;1-4-6-7-8(3)5-2/h6-8,10-11,22H,4-5,9H2,1-3H3,(H,19,20);4-7H2,1-3H3/b21-12+;. The van der Waals surface area contributed by atoms with E-state index in [1.165, 1.54) is 30.8 Å². The van der Waals surface area contributed by atoms with Gasteiger partial charge in [0.15, 0.2) is 5.82 Å². The highest BCUT2D eigenvalue weighted by Crippen LogP contribution is 2.22. The fourth-order valence-corrected chi connectivity index (χ4v) is 3.52. The maximum atomic E-state index is 5.74. The van der Waals surface area contributed by atoms with Crippen LogP contribution in [0.5, 0.6) is 5.75 Å². The van der Waals surface area contributed by atoms with Gasteiger partial charge in [0.1, 0.15) is 11.5 Å². The van der Waals surface area contributed by atoms with Crippen molar-refractivity contribution in [1.29, 1.82) is 0 Å². The summed E-state index contributed by atoms with van der Waals surface area (Å²) in [5.41, 5.74) is 6.80. The molecule has 2 N–H and O–H groups in total. The van der Waals surface area contributed by atoms with Crippen molar-refractivity contribution in [3.05, 3.63) is 40.3 Å². The summed E-state index contributed by atoms with van der Waals surface area (Å²) in [7, 11) is 2.16. The first-order valence-electron chi connectivity index (χ1n) is 11.6. The first-order chi connectivity index (χ1) is 15.5. The van der Waals surface area contributed by atoms with Crippen molar-refractivity contribution in [3.63, 3.8) is 0 Å². The van der Waals surface area contributed by atoms with Gasteiger partial charge in [0, 0.05) is 10.9 Å². The molecular formula is C25H39N5OS. The highest BCUT2D eigenvalue weighted by atomic mass is 32.1. The molecule has 0 unspecified atom stereocenters. The molecule has 0 spiro atoms. The monoisotopic (exact) mass is 457 g/mol. The number of hydrogen-bond acceptors (Lipinski definition) is 6. The number of rotatable bonds is 11. The minimum Gasteiger partial charge on any atom is -0.494 e. The Morgan fingerprint density at radius 3 is 2.62 bits per heavy atom. The number of hydrazone groups is 1. The molecule has 0 saturated heterocycles. The van der Waals surface area contributed by atoms with Crippen LogP contribution < -0.4 is 10.2 Å². The van der Waals surface area contributed by atoms with Crippen molar-refractivity contribution in [2.24, 2.45) is 5.10 Å². The van der Waals surface area contributed by atoms with E-state index >= 15 is 0 Å². The number of benzene rings is 1. The van der Waals surface area contributed by atoms with E-state index < -0.39 is 0 Å². The second kappa shape index (κ2) is 13.9. The second-order valence-electron chi connectivity index (χ2n) is 7.92. The van der Waals surface area contributed by atoms with Gasteiger partial charge in [-0.2, -0.15) is 5.10 Å². The molecule has 32 heavy (non-hydrogen) atoms. The fraction of sp³-hybridized carbons (Fsp3) is 0.520. The van der Waals surface area contributed by atoms with E-state index in [0.717, 1.165) is 53.5 Å². The molecule has 0 fully saturated rings. The summed E-state index contributed by atoms with van der Waals surface area (Å²) in [6.45, 7) is 13.8. The van der Waals surface area contributed by atoms with Gasteiger partial charge in [0.2, 0.25) is 0 Å². The predicted octanol–water partition coefficient (Wildman–Crippen LogP) is 6.69. The van der Waals surface area contributed by atoms with E-state index in [4.69, 9.17) is 4.74 Å². The number of nitrogens with zero attached hydrogens (tertiary/aromatic N) is 3. The van der Waals surface area contributed by atoms with Crippen LogP contribution in [-0.2, 0) is 0 Å². The second-order valence-corrected chi connectivity index (χ2v) is 9.04. The Balaban J connectivity index is 0.000000390. The predicted molar refractivity (Wildman–Crippen MR) is 139 cm³/mol. The van der Waals surface area contributed by atoms with Crippen LogP contribution in [-0.4, -0.2) is 47.3 Å². The number of ether oxygens (including phenoxy) is 1. The van der Waals surface area contributed by atoms with E-state index in [1.807, 2.05) is 36.6 Å². The lowest BCUT2D eigenvalue weighted by Crippen LogP contribution is -2.18. The lowest BCUT2D eigenvalue weighted by molar-refractivity contribution is 0.310. The minimum absolute atomic E-state index is 0.743. The molecule has 7 heteroatoms. The van der Waals surface area contributed by atoms with Crippen LogP contribution in [0.15, 0.2) is 34.7 Å². The molecule has 0 radical (unpaired) electrons. The average Bonchev–Trinajstić information content (AvgIpc) is 3.42. The van der Waals surface area contributed by atoms with Gasteiger partial charge in [-0.3, -0.25) is 5.43 Å². The minimum atomic E-state index is 0.743. The van der Waals surface area contributed by atoms with E-state index in [9.17, 15) is 0 Å². The molecule has 0 aliphatic rings. The van der Waals surface area contributed by atoms with Crippen LogP contribution in [0.3, 0.4) is 0 Å². The van der Waals surface area contributed by atoms with Crippen LogP contribution in [0.1, 0.15) is 64.1 Å². The third kappa shape index (κ3) is 8.28. The van der Waals surface area contributed by atoms with Gasteiger partial charge in [0.05, 0.1) is 23.3 Å². The smallest absolute Gasteiger partial charge is 0.154 e. The SMILES string of the molecule is CCCCN(C)CC.CCCCOc1ccc2nc(/C(C)=N/Nc3ccsc3C)[nH]c2c1. The molecule has 176 valence electrons. The normalized spacial score (nSPS) is 11.5. The zero-order valence-corrected chi connectivity index (χ0v) is 21.3. The molecule has 0 aliphatic heterocycles. The van der Waals surface area contributed by atoms with Crippen molar-refractivity contribution < 1.29 is 4.74 Å². The highest BCUT2D eigenvalue weighted by Gasteiger charge is 2.07. The summed E-state index contributed by atoms with van der Waals surface area (Å²) in [5, 5.41) is 6.47. The van der Waals surface area contributed by atoms with Gasteiger partial charge >= 0.3 is 0 Å². The summed E-state index contributed by atoms with van der Waals surface area (Å²) >= 11 is 1.70. The Labute approximate surface area is 197 Å². The number of anilines is 1.